The Bertz CT molecular complexity index is 435. The maximum Gasteiger partial charge on any atom is 0.0500 e. The summed E-state index contributed by atoms with van der Waals surface area (Å²) in [6.45, 7) is 4.34. The van der Waals surface area contributed by atoms with Gasteiger partial charge in [-0.25, -0.2) is 0 Å². The lowest BCUT2D eigenvalue weighted by Gasteiger charge is -2.33. The normalized spacial score (nSPS) is 23.2. The van der Waals surface area contributed by atoms with Gasteiger partial charge in [-0.1, -0.05) is 30.7 Å². The van der Waals surface area contributed by atoms with Crippen LogP contribution in [-0.4, -0.2) is 49.1 Å². The molecule has 1 aromatic rings. The highest BCUT2D eigenvalue weighted by Gasteiger charge is 2.32. The summed E-state index contributed by atoms with van der Waals surface area (Å²) in [4.78, 5) is 4.83. The highest BCUT2D eigenvalue weighted by Crippen LogP contribution is 2.30. The van der Waals surface area contributed by atoms with Crippen molar-refractivity contribution in [2.24, 2.45) is 5.73 Å². The summed E-state index contributed by atoms with van der Waals surface area (Å²) in [6, 6.07) is 9.19. The van der Waals surface area contributed by atoms with Crippen molar-refractivity contribution in [3.05, 3.63) is 34.9 Å². The molecule has 2 rings (SSSR count). The lowest BCUT2D eigenvalue weighted by atomic mass is 9.96. The standard InChI is InChI=1S/C16H26ClN3/c1-4-15(18)16(12-6-5-7-13(17)10-12)20-9-8-14(11-20)19(2)3/h5-7,10,14-16H,4,8-9,11,18H2,1-3H3. The summed E-state index contributed by atoms with van der Waals surface area (Å²) in [6.07, 6.45) is 2.18. The minimum atomic E-state index is 0.148. The molecular weight excluding hydrogens is 270 g/mol. The Kier molecular flexibility index (Phi) is 5.44. The van der Waals surface area contributed by atoms with Gasteiger partial charge in [0.2, 0.25) is 0 Å². The molecule has 1 saturated heterocycles. The molecule has 20 heavy (non-hydrogen) atoms. The van der Waals surface area contributed by atoms with Crippen LogP contribution in [0.25, 0.3) is 0 Å². The smallest absolute Gasteiger partial charge is 0.0500 e. The number of rotatable bonds is 5. The first-order valence-corrected chi connectivity index (χ1v) is 7.82. The van der Waals surface area contributed by atoms with E-state index in [1.165, 1.54) is 12.0 Å². The van der Waals surface area contributed by atoms with Gasteiger partial charge in [0.25, 0.3) is 0 Å². The highest BCUT2D eigenvalue weighted by molar-refractivity contribution is 6.30. The van der Waals surface area contributed by atoms with Crippen LogP contribution in [0.5, 0.6) is 0 Å². The molecule has 3 nitrogen and oxygen atoms in total. The van der Waals surface area contributed by atoms with Crippen molar-refractivity contribution in [1.29, 1.82) is 0 Å². The molecule has 0 bridgehead atoms. The quantitative estimate of drug-likeness (QED) is 0.906. The number of likely N-dealkylation sites (N-methyl/N-ethyl adjacent to an activating group) is 1. The van der Waals surface area contributed by atoms with Crippen LogP contribution in [0, 0.1) is 0 Å². The average molecular weight is 296 g/mol. The van der Waals surface area contributed by atoms with E-state index in [2.05, 4.69) is 43.0 Å². The molecule has 0 aliphatic carbocycles. The van der Waals surface area contributed by atoms with E-state index in [1.54, 1.807) is 0 Å². The SMILES string of the molecule is CCC(N)C(c1cccc(Cl)c1)N1CCC(N(C)C)C1. The van der Waals surface area contributed by atoms with Gasteiger partial charge in [0.05, 0.1) is 0 Å². The third-order valence-electron chi connectivity index (χ3n) is 4.39. The van der Waals surface area contributed by atoms with Crippen molar-refractivity contribution in [3.8, 4) is 0 Å². The van der Waals surface area contributed by atoms with Gasteiger partial charge >= 0.3 is 0 Å². The summed E-state index contributed by atoms with van der Waals surface area (Å²) in [5, 5.41) is 0.791. The third kappa shape index (κ3) is 3.53. The molecule has 1 fully saturated rings. The predicted octanol–water partition coefficient (Wildman–Crippen LogP) is 2.75. The first-order chi connectivity index (χ1) is 9.52. The molecule has 0 amide bonds. The van der Waals surface area contributed by atoms with E-state index in [0.717, 1.165) is 24.5 Å². The second-order valence-electron chi connectivity index (χ2n) is 5.97. The molecule has 0 spiro atoms. The Labute approximate surface area is 127 Å². The topological polar surface area (TPSA) is 32.5 Å². The molecule has 4 heteroatoms. The first-order valence-electron chi connectivity index (χ1n) is 7.44. The number of hydrogen-bond donors (Lipinski definition) is 1. The minimum Gasteiger partial charge on any atom is -0.326 e. The van der Waals surface area contributed by atoms with E-state index in [1.807, 2.05) is 12.1 Å². The maximum atomic E-state index is 6.40. The van der Waals surface area contributed by atoms with Gasteiger partial charge in [0, 0.05) is 36.2 Å². The lowest BCUT2D eigenvalue weighted by molar-refractivity contribution is 0.190. The number of benzene rings is 1. The van der Waals surface area contributed by atoms with E-state index in [-0.39, 0.29) is 12.1 Å². The summed E-state index contributed by atoms with van der Waals surface area (Å²) < 4.78 is 0. The van der Waals surface area contributed by atoms with Crippen LogP contribution in [0.3, 0.4) is 0 Å². The van der Waals surface area contributed by atoms with E-state index in [4.69, 9.17) is 17.3 Å². The zero-order valence-corrected chi connectivity index (χ0v) is 13.5. The molecule has 1 aliphatic rings. The van der Waals surface area contributed by atoms with Gasteiger partial charge in [-0.3, -0.25) is 4.90 Å². The zero-order valence-electron chi connectivity index (χ0n) is 12.7. The molecule has 112 valence electrons. The lowest BCUT2D eigenvalue weighted by Crippen LogP contribution is -2.41. The zero-order chi connectivity index (χ0) is 14.7. The number of nitrogens with zero attached hydrogens (tertiary/aromatic N) is 2. The summed E-state index contributed by atoms with van der Waals surface area (Å²) in [7, 11) is 4.31. The predicted molar refractivity (Wildman–Crippen MR) is 86.1 cm³/mol. The van der Waals surface area contributed by atoms with Crippen LogP contribution in [0.15, 0.2) is 24.3 Å². The van der Waals surface area contributed by atoms with Crippen molar-refractivity contribution in [2.45, 2.75) is 37.9 Å². The highest BCUT2D eigenvalue weighted by atomic mass is 35.5. The van der Waals surface area contributed by atoms with Gasteiger partial charge in [0.15, 0.2) is 0 Å². The van der Waals surface area contributed by atoms with Crippen LogP contribution in [0.4, 0.5) is 0 Å². The Morgan fingerprint density at radius 3 is 2.75 bits per heavy atom. The maximum absolute atomic E-state index is 6.40. The monoisotopic (exact) mass is 295 g/mol. The fraction of sp³-hybridized carbons (Fsp3) is 0.625. The molecule has 0 radical (unpaired) electrons. The van der Waals surface area contributed by atoms with E-state index < -0.39 is 0 Å². The molecular formula is C16H26ClN3. The van der Waals surface area contributed by atoms with Gasteiger partial charge in [-0.05, 0) is 44.6 Å². The van der Waals surface area contributed by atoms with Gasteiger partial charge in [-0.2, -0.15) is 0 Å². The first kappa shape index (κ1) is 15.8. The number of nitrogens with two attached hydrogens (primary N) is 1. The molecule has 0 aromatic heterocycles. The van der Waals surface area contributed by atoms with Crippen LogP contribution < -0.4 is 5.73 Å². The third-order valence-corrected chi connectivity index (χ3v) is 4.62. The molecule has 2 N–H and O–H groups in total. The van der Waals surface area contributed by atoms with E-state index >= 15 is 0 Å². The number of halogens is 1. The van der Waals surface area contributed by atoms with Crippen LogP contribution in [-0.2, 0) is 0 Å². The summed E-state index contributed by atoms with van der Waals surface area (Å²) >= 11 is 6.16. The summed E-state index contributed by atoms with van der Waals surface area (Å²) in [5.41, 5.74) is 7.64. The van der Waals surface area contributed by atoms with Gasteiger partial charge < -0.3 is 10.6 Å². The van der Waals surface area contributed by atoms with Crippen LogP contribution in [0.1, 0.15) is 31.4 Å². The molecule has 3 unspecified atom stereocenters. The van der Waals surface area contributed by atoms with E-state index in [9.17, 15) is 0 Å². The molecule has 1 aliphatic heterocycles. The Morgan fingerprint density at radius 1 is 1.45 bits per heavy atom. The van der Waals surface area contributed by atoms with Crippen molar-refractivity contribution in [1.82, 2.24) is 9.80 Å². The van der Waals surface area contributed by atoms with Crippen molar-refractivity contribution in [3.63, 3.8) is 0 Å². The molecule has 1 heterocycles. The number of likely N-dealkylation sites (tertiary alicyclic amines) is 1. The second kappa shape index (κ2) is 6.90. The Morgan fingerprint density at radius 2 is 2.20 bits per heavy atom. The minimum absolute atomic E-state index is 0.148. The largest absolute Gasteiger partial charge is 0.326 e. The second-order valence-corrected chi connectivity index (χ2v) is 6.41. The Balaban J connectivity index is 2.21. The Hall–Kier alpha value is -0.610. The van der Waals surface area contributed by atoms with Gasteiger partial charge in [0.1, 0.15) is 0 Å². The van der Waals surface area contributed by atoms with Crippen molar-refractivity contribution < 1.29 is 0 Å². The fourth-order valence-corrected chi connectivity index (χ4v) is 3.28. The number of hydrogen-bond acceptors (Lipinski definition) is 3. The van der Waals surface area contributed by atoms with E-state index in [0.29, 0.717) is 6.04 Å². The van der Waals surface area contributed by atoms with Crippen molar-refractivity contribution >= 4 is 11.6 Å². The van der Waals surface area contributed by atoms with Gasteiger partial charge in [-0.15, -0.1) is 0 Å². The molecule has 3 atom stereocenters. The fourth-order valence-electron chi connectivity index (χ4n) is 3.08. The average Bonchev–Trinajstić information content (AvgIpc) is 2.88. The van der Waals surface area contributed by atoms with Crippen LogP contribution >= 0.6 is 11.6 Å². The summed E-state index contributed by atoms with van der Waals surface area (Å²) in [5.74, 6) is 0. The molecule has 1 aromatic carbocycles. The molecule has 0 saturated carbocycles. The van der Waals surface area contributed by atoms with Crippen molar-refractivity contribution in [2.75, 3.05) is 27.2 Å². The van der Waals surface area contributed by atoms with Crippen LogP contribution in [0.2, 0.25) is 5.02 Å².